The number of hydrogen-bond acceptors (Lipinski definition) is 4. The fraction of sp³-hybridized carbons (Fsp3) is 0.286. The Balaban J connectivity index is 2.00. The smallest absolute Gasteiger partial charge is 0.319 e. The first-order valence-corrected chi connectivity index (χ1v) is 6.11. The Bertz CT molecular complexity index is 520. The number of ether oxygens (including phenoxy) is 1. The molecule has 1 atom stereocenters. The Kier molecular flexibility index (Phi) is 4.30. The molecule has 0 bridgehead atoms. The molecule has 0 aliphatic carbocycles. The van der Waals surface area contributed by atoms with Gasteiger partial charge in [-0.25, -0.2) is 4.68 Å². The molecule has 0 radical (unpaired) electrons. The van der Waals surface area contributed by atoms with E-state index in [1.807, 2.05) is 43.5 Å². The van der Waals surface area contributed by atoms with Crippen LogP contribution in [0.4, 0.5) is 0 Å². The van der Waals surface area contributed by atoms with E-state index in [1.54, 1.807) is 10.9 Å². The predicted octanol–water partition coefficient (Wildman–Crippen LogP) is 1.70. The average Bonchev–Trinajstić information content (AvgIpc) is 2.98. The zero-order chi connectivity index (χ0) is 13.7. The molecule has 0 saturated heterocycles. The Morgan fingerprint density at radius 1 is 1.42 bits per heavy atom. The van der Waals surface area contributed by atoms with Gasteiger partial charge in [0.05, 0.1) is 19.3 Å². The summed E-state index contributed by atoms with van der Waals surface area (Å²) in [5.41, 5.74) is 2.12. The third kappa shape index (κ3) is 3.42. The largest absolute Gasteiger partial charge is 0.468 e. The van der Waals surface area contributed by atoms with Crippen molar-refractivity contribution < 1.29 is 9.53 Å². The Hall–Kier alpha value is -2.14. The van der Waals surface area contributed by atoms with Crippen LogP contribution < -0.4 is 5.32 Å². The number of carbonyl (C=O) groups excluding carboxylic acids is 1. The molecular formula is C14H17N3O2. The summed E-state index contributed by atoms with van der Waals surface area (Å²) in [6.07, 6.45) is 3.64. The van der Waals surface area contributed by atoms with Crippen molar-refractivity contribution in [1.29, 1.82) is 0 Å². The van der Waals surface area contributed by atoms with Crippen LogP contribution in [0.25, 0.3) is 5.69 Å². The van der Waals surface area contributed by atoms with Gasteiger partial charge in [0, 0.05) is 18.4 Å². The number of hydrogen-bond donors (Lipinski definition) is 1. The van der Waals surface area contributed by atoms with Gasteiger partial charge in [-0.05, 0) is 30.7 Å². The summed E-state index contributed by atoms with van der Waals surface area (Å²) in [6.45, 7) is 2.21. The molecule has 0 aliphatic rings. The molecule has 1 aromatic heterocycles. The minimum atomic E-state index is -0.264. The first-order chi connectivity index (χ1) is 9.20. The lowest BCUT2D eigenvalue weighted by atomic mass is 10.1. The van der Waals surface area contributed by atoms with Crippen molar-refractivity contribution in [1.82, 2.24) is 15.1 Å². The number of methoxy groups -OCH3 is 1. The Morgan fingerprint density at radius 3 is 2.74 bits per heavy atom. The lowest BCUT2D eigenvalue weighted by Crippen LogP contribution is -2.26. The molecule has 0 saturated carbocycles. The lowest BCUT2D eigenvalue weighted by Gasteiger charge is -2.13. The van der Waals surface area contributed by atoms with Crippen molar-refractivity contribution in [3.8, 4) is 5.69 Å². The Morgan fingerprint density at radius 2 is 2.16 bits per heavy atom. The summed E-state index contributed by atoms with van der Waals surface area (Å²) in [5.74, 6) is -0.264. The van der Waals surface area contributed by atoms with Gasteiger partial charge in [-0.15, -0.1) is 0 Å². The second-order valence-electron chi connectivity index (χ2n) is 4.22. The van der Waals surface area contributed by atoms with Crippen LogP contribution in [-0.4, -0.2) is 29.4 Å². The van der Waals surface area contributed by atoms with Crippen molar-refractivity contribution in [2.45, 2.75) is 13.0 Å². The zero-order valence-corrected chi connectivity index (χ0v) is 11.0. The van der Waals surface area contributed by atoms with Crippen LogP contribution >= 0.6 is 0 Å². The molecule has 0 spiro atoms. The molecule has 0 aliphatic heterocycles. The van der Waals surface area contributed by atoms with E-state index >= 15 is 0 Å². The highest BCUT2D eigenvalue weighted by Crippen LogP contribution is 2.15. The number of aromatic nitrogens is 2. The zero-order valence-electron chi connectivity index (χ0n) is 11.0. The van der Waals surface area contributed by atoms with E-state index < -0.39 is 0 Å². The van der Waals surface area contributed by atoms with Gasteiger partial charge >= 0.3 is 5.97 Å². The summed E-state index contributed by atoms with van der Waals surface area (Å²) in [7, 11) is 1.38. The summed E-state index contributed by atoms with van der Waals surface area (Å²) in [6, 6.07) is 10.0. The maximum absolute atomic E-state index is 11.1. The van der Waals surface area contributed by atoms with Crippen molar-refractivity contribution in [3.05, 3.63) is 48.3 Å². The highest BCUT2D eigenvalue weighted by Gasteiger charge is 2.07. The molecule has 100 valence electrons. The molecular weight excluding hydrogens is 242 g/mol. The number of nitrogens with one attached hydrogen (secondary N) is 1. The number of carbonyl (C=O) groups is 1. The molecule has 5 nitrogen and oxygen atoms in total. The highest BCUT2D eigenvalue weighted by molar-refractivity contribution is 5.71. The quantitative estimate of drug-likeness (QED) is 0.830. The van der Waals surface area contributed by atoms with E-state index in [9.17, 15) is 4.79 Å². The molecule has 5 heteroatoms. The predicted molar refractivity (Wildman–Crippen MR) is 72.0 cm³/mol. The van der Waals surface area contributed by atoms with E-state index in [0.717, 1.165) is 11.3 Å². The molecule has 0 amide bonds. The lowest BCUT2D eigenvalue weighted by molar-refractivity contribution is -0.139. The van der Waals surface area contributed by atoms with Gasteiger partial charge in [0.2, 0.25) is 0 Å². The SMILES string of the molecule is COC(=O)CN[C@H](C)c1ccc(-n2cccn2)cc1. The van der Waals surface area contributed by atoms with E-state index in [-0.39, 0.29) is 18.6 Å². The van der Waals surface area contributed by atoms with Crippen LogP contribution in [0.15, 0.2) is 42.7 Å². The summed E-state index contributed by atoms with van der Waals surface area (Å²) in [5, 5.41) is 7.28. The molecule has 0 fully saturated rings. The number of rotatable bonds is 5. The third-order valence-corrected chi connectivity index (χ3v) is 2.94. The van der Waals surface area contributed by atoms with Gasteiger partial charge in [-0.3, -0.25) is 4.79 Å². The summed E-state index contributed by atoms with van der Waals surface area (Å²) < 4.78 is 6.39. The van der Waals surface area contributed by atoms with Gasteiger partial charge in [-0.2, -0.15) is 5.10 Å². The van der Waals surface area contributed by atoms with Crippen molar-refractivity contribution in [2.75, 3.05) is 13.7 Å². The topological polar surface area (TPSA) is 56.1 Å². The number of nitrogens with zero attached hydrogens (tertiary/aromatic N) is 2. The first-order valence-electron chi connectivity index (χ1n) is 6.11. The third-order valence-electron chi connectivity index (χ3n) is 2.94. The Labute approximate surface area is 112 Å². The molecule has 0 unspecified atom stereocenters. The van der Waals surface area contributed by atoms with Gasteiger partial charge in [0.25, 0.3) is 0 Å². The molecule has 2 rings (SSSR count). The van der Waals surface area contributed by atoms with Gasteiger partial charge < -0.3 is 10.1 Å². The number of benzene rings is 1. The maximum atomic E-state index is 11.1. The normalized spacial score (nSPS) is 12.1. The van der Waals surface area contributed by atoms with Crippen molar-refractivity contribution in [3.63, 3.8) is 0 Å². The standard InChI is InChI=1S/C14H17N3O2/c1-11(15-10-14(18)19-2)12-4-6-13(7-5-12)17-9-3-8-16-17/h3-9,11,15H,10H2,1-2H3/t11-/m1/s1. The minimum Gasteiger partial charge on any atom is -0.468 e. The van der Waals surface area contributed by atoms with E-state index in [1.165, 1.54) is 7.11 Å². The highest BCUT2D eigenvalue weighted by atomic mass is 16.5. The molecule has 19 heavy (non-hydrogen) atoms. The van der Waals surface area contributed by atoms with Crippen LogP contribution in [0.5, 0.6) is 0 Å². The van der Waals surface area contributed by atoms with Gasteiger partial charge in [0.15, 0.2) is 0 Å². The monoisotopic (exact) mass is 259 g/mol. The molecule has 1 aromatic carbocycles. The molecule has 1 N–H and O–H groups in total. The summed E-state index contributed by atoms with van der Waals surface area (Å²) in [4.78, 5) is 11.1. The van der Waals surface area contributed by atoms with E-state index in [2.05, 4.69) is 15.2 Å². The van der Waals surface area contributed by atoms with Crippen LogP contribution in [0.3, 0.4) is 0 Å². The fourth-order valence-corrected chi connectivity index (χ4v) is 1.76. The van der Waals surface area contributed by atoms with Crippen LogP contribution in [0.1, 0.15) is 18.5 Å². The van der Waals surface area contributed by atoms with Crippen LogP contribution in [0.2, 0.25) is 0 Å². The van der Waals surface area contributed by atoms with E-state index in [4.69, 9.17) is 0 Å². The summed E-state index contributed by atoms with van der Waals surface area (Å²) >= 11 is 0. The van der Waals surface area contributed by atoms with Crippen molar-refractivity contribution in [2.24, 2.45) is 0 Å². The van der Waals surface area contributed by atoms with Gasteiger partial charge in [-0.1, -0.05) is 12.1 Å². The second kappa shape index (κ2) is 6.15. The average molecular weight is 259 g/mol. The van der Waals surface area contributed by atoms with Crippen molar-refractivity contribution >= 4 is 5.97 Å². The molecule has 2 aromatic rings. The first kappa shape index (κ1) is 13.3. The number of esters is 1. The second-order valence-corrected chi connectivity index (χ2v) is 4.22. The van der Waals surface area contributed by atoms with Crippen LogP contribution in [-0.2, 0) is 9.53 Å². The van der Waals surface area contributed by atoms with Crippen LogP contribution in [0, 0.1) is 0 Å². The maximum Gasteiger partial charge on any atom is 0.319 e. The minimum absolute atomic E-state index is 0.0887. The fourth-order valence-electron chi connectivity index (χ4n) is 1.76. The van der Waals surface area contributed by atoms with E-state index in [0.29, 0.717) is 0 Å². The molecule has 1 heterocycles. The van der Waals surface area contributed by atoms with Gasteiger partial charge in [0.1, 0.15) is 0 Å².